The summed E-state index contributed by atoms with van der Waals surface area (Å²) in [6.07, 6.45) is 1.05. The third kappa shape index (κ3) is 5.21. The van der Waals surface area contributed by atoms with Gasteiger partial charge in [-0.25, -0.2) is 0 Å². The molecule has 1 amide bonds. The standard InChI is InChI=1S/C16H22N4O2S/c1-10(2)6-7-17-16(23)20-19-11(3)12-4-5-14-13(8-12)18-15(21)9-22-14/h4-5,8,10H,6-7,9H2,1-3H3,(H,18,21)(H2,17,20,23)/b19-11-. The minimum absolute atomic E-state index is 0.0529. The van der Waals surface area contributed by atoms with Gasteiger partial charge in [0.1, 0.15) is 5.75 Å². The van der Waals surface area contributed by atoms with Crippen LogP contribution in [0.5, 0.6) is 5.75 Å². The molecule has 0 saturated carbocycles. The molecular weight excluding hydrogens is 312 g/mol. The summed E-state index contributed by atoms with van der Waals surface area (Å²) >= 11 is 5.18. The van der Waals surface area contributed by atoms with Crippen LogP contribution in [0.1, 0.15) is 32.8 Å². The summed E-state index contributed by atoms with van der Waals surface area (Å²) in [5.41, 5.74) is 5.14. The molecule has 1 aromatic carbocycles. The molecule has 0 unspecified atom stereocenters. The van der Waals surface area contributed by atoms with Crippen LogP contribution in [-0.2, 0) is 4.79 Å². The first-order valence-electron chi connectivity index (χ1n) is 7.61. The second-order valence-electron chi connectivity index (χ2n) is 5.80. The lowest BCUT2D eigenvalue weighted by molar-refractivity contribution is -0.118. The van der Waals surface area contributed by atoms with E-state index in [9.17, 15) is 4.79 Å². The van der Waals surface area contributed by atoms with Gasteiger partial charge in [0.2, 0.25) is 0 Å². The Hall–Kier alpha value is -2.15. The number of rotatable bonds is 5. The molecule has 0 atom stereocenters. The highest BCUT2D eigenvalue weighted by Gasteiger charge is 2.16. The van der Waals surface area contributed by atoms with E-state index >= 15 is 0 Å². The molecule has 0 bridgehead atoms. The number of carbonyl (C=O) groups excluding carboxylic acids is 1. The van der Waals surface area contributed by atoms with Gasteiger partial charge in [0.25, 0.3) is 5.91 Å². The van der Waals surface area contributed by atoms with E-state index in [1.165, 1.54) is 0 Å². The SMILES string of the molecule is C/C(=N/NC(=S)NCCC(C)C)c1ccc2c(c1)NC(=O)CO2. The van der Waals surface area contributed by atoms with E-state index < -0.39 is 0 Å². The fourth-order valence-electron chi connectivity index (χ4n) is 2.02. The van der Waals surface area contributed by atoms with Crippen LogP contribution < -0.4 is 20.8 Å². The molecule has 7 heteroatoms. The van der Waals surface area contributed by atoms with Crippen LogP contribution in [-0.4, -0.2) is 29.9 Å². The zero-order chi connectivity index (χ0) is 16.8. The zero-order valence-corrected chi connectivity index (χ0v) is 14.4. The Bertz CT molecular complexity index is 629. The number of thiocarbonyl (C=S) groups is 1. The Morgan fingerprint density at radius 1 is 1.48 bits per heavy atom. The number of nitrogens with one attached hydrogen (secondary N) is 3. The average molecular weight is 334 g/mol. The highest BCUT2D eigenvalue weighted by atomic mass is 32.1. The summed E-state index contributed by atoms with van der Waals surface area (Å²) in [7, 11) is 0. The molecule has 3 N–H and O–H groups in total. The molecule has 0 fully saturated rings. The van der Waals surface area contributed by atoms with Crippen LogP contribution in [0, 0.1) is 5.92 Å². The quantitative estimate of drug-likeness (QED) is 0.437. The minimum Gasteiger partial charge on any atom is -0.482 e. The number of carbonyl (C=O) groups is 1. The molecule has 1 aliphatic rings. The largest absolute Gasteiger partial charge is 0.482 e. The molecule has 2 rings (SSSR count). The second-order valence-corrected chi connectivity index (χ2v) is 6.20. The van der Waals surface area contributed by atoms with Crippen molar-refractivity contribution < 1.29 is 9.53 Å². The van der Waals surface area contributed by atoms with Gasteiger partial charge in [-0.3, -0.25) is 10.2 Å². The van der Waals surface area contributed by atoms with E-state index in [-0.39, 0.29) is 12.5 Å². The molecule has 0 spiro atoms. The maximum absolute atomic E-state index is 11.4. The monoisotopic (exact) mass is 334 g/mol. The van der Waals surface area contributed by atoms with Gasteiger partial charge in [0.15, 0.2) is 11.7 Å². The van der Waals surface area contributed by atoms with Gasteiger partial charge in [-0.2, -0.15) is 5.10 Å². The topological polar surface area (TPSA) is 74.8 Å². The number of anilines is 1. The predicted molar refractivity (Wildman–Crippen MR) is 96.0 cm³/mol. The number of hydrogen-bond acceptors (Lipinski definition) is 4. The van der Waals surface area contributed by atoms with E-state index in [2.05, 4.69) is 35.0 Å². The van der Waals surface area contributed by atoms with E-state index in [1.54, 1.807) is 0 Å². The highest BCUT2D eigenvalue weighted by molar-refractivity contribution is 7.80. The van der Waals surface area contributed by atoms with Crippen molar-refractivity contribution in [1.29, 1.82) is 0 Å². The van der Waals surface area contributed by atoms with Crippen molar-refractivity contribution in [3.8, 4) is 5.75 Å². The molecule has 124 valence electrons. The van der Waals surface area contributed by atoms with Crippen molar-refractivity contribution in [2.45, 2.75) is 27.2 Å². The average Bonchev–Trinajstić information content (AvgIpc) is 2.51. The van der Waals surface area contributed by atoms with Crippen molar-refractivity contribution in [2.24, 2.45) is 11.0 Å². The zero-order valence-electron chi connectivity index (χ0n) is 13.6. The number of nitrogens with zero attached hydrogens (tertiary/aromatic N) is 1. The molecule has 0 aliphatic carbocycles. The van der Waals surface area contributed by atoms with Gasteiger partial charge in [-0.15, -0.1) is 0 Å². The molecule has 6 nitrogen and oxygen atoms in total. The van der Waals surface area contributed by atoms with Crippen LogP contribution in [0.25, 0.3) is 0 Å². The number of ether oxygens (including phenoxy) is 1. The third-order valence-electron chi connectivity index (χ3n) is 3.36. The molecule has 0 saturated heterocycles. The Morgan fingerprint density at radius 2 is 2.26 bits per heavy atom. The lowest BCUT2D eigenvalue weighted by Crippen LogP contribution is -2.33. The summed E-state index contributed by atoms with van der Waals surface area (Å²) in [4.78, 5) is 11.4. The first-order chi connectivity index (χ1) is 11.0. The Balaban J connectivity index is 1.94. The van der Waals surface area contributed by atoms with Crippen molar-refractivity contribution in [3.63, 3.8) is 0 Å². The predicted octanol–water partition coefficient (Wildman–Crippen LogP) is 2.25. The molecular formula is C16H22N4O2S. The molecule has 0 radical (unpaired) electrons. The Kier molecular flexibility index (Phi) is 5.92. The summed E-state index contributed by atoms with van der Waals surface area (Å²) in [5.74, 6) is 1.14. The summed E-state index contributed by atoms with van der Waals surface area (Å²) in [6.45, 7) is 7.08. The molecule has 1 aliphatic heterocycles. The fraction of sp³-hybridized carbons (Fsp3) is 0.438. The van der Waals surface area contributed by atoms with Crippen LogP contribution >= 0.6 is 12.2 Å². The van der Waals surface area contributed by atoms with Gasteiger partial charge in [-0.1, -0.05) is 13.8 Å². The maximum Gasteiger partial charge on any atom is 0.262 e. The summed E-state index contributed by atoms with van der Waals surface area (Å²) < 4.78 is 5.33. The van der Waals surface area contributed by atoms with Crippen LogP contribution in [0.4, 0.5) is 5.69 Å². The van der Waals surface area contributed by atoms with Gasteiger partial charge in [-0.05, 0) is 55.2 Å². The van der Waals surface area contributed by atoms with Gasteiger partial charge in [0, 0.05) is 6.54 Å². The van der Waals surface area contributed by atoms with Crippen molar-refractivity contribution >= 4 is 34.6 Å². The first-order valence-corrected chi connectivity index (χ1v) is 8.01. The van der Waals surface area contributed by atoms with Crippen molar-refractivity contribution in [2.75, 3.05) is 18.5 Å². The Labute approximate surface area is 141 Å². The van der Waals surface area contributed by atoms with Crippen LogP contribution in [0.2, 0.25) is 0 Å². The number of hydrogen-bond donors (Lipinski definition) is 3. The number of amides is 1. The molecule has 1 aromatic rings. The second kappa shape index (κ2) is 7.92. The van der Waals surface area contributed by atoms with E-state index in [1.807, 2.05) is 25.1 Å². The van der Waals surface area contributed by atoms with E-state index in [0.29, 0.717) is 22.5 Å². The number of benzene rings is 1. The van der Waals surface area contributed by atoms with Crippen LogP contribution in [0.3, 0.4) is 0 Å². The lowest BCUT2D eigenvalue weighted by atomic mass is 10.1. The van der Waals surface area contributed by atoms with E-state index in [4.69, 9.17) is 17.0 Å². The van der Waals surface area contributed by atoms with Crippen molar-refractivity contribution in [3.05, 3.63) is 23.8 Å². The summed E-state index contributed by atoms with van der Waals surface area (Å²) in [5, 5.41) is 10.7. The number of hydrazone groups is 1. The normalized spacial score (nSPS) is 13.9. The maximum atomic E-state index is 11.4. The van der Waals surface area contributed by atoms with Crippen LogP contribution in [0.15, 0.2) is 23.3 Å². The number of fused-ring (bicyclic) bond motifs is 1. The van der Waals surface area contributed by atoms with E-state index in [0.717, 1.165) is 24.2 Å². The molecule has 1 heterocycles. The van der Waals surface area contributed by atoms with Gasteiger partial charge < -0.3 is 15.4 Å². The third-order valence-corrected chi connectivity index (χ3v) is 3.60. The van der Waals surface area contributed by atoms with Gasteiger partial charge >= 0.3 is 0 Å². The first kappa shape index (κ1) is 17.2. The molecule has 23 heavy (non-hydrogen) atoms. The lowest BCUT2D eigenvalue weighted by Gasteiger charge is -2.18. The van der Waals surface area contributed by atoms with Crippen molar-refractivity contribution in [1.82, 2.24) is 10.7 Å². The minimum atomic E-state index is -0.155. The smallest absolute Gasteiger partial charge is 0.262 e. The highest BCUT2D eigenvalue weighted by Crippen LogP contribution is 2.28. The molecule has 0 aromatic heterocycles. The fourth-order valence-corrected chi connectivity index (χ4v) is 2.17. The summed E-state index contributed by atoms with van der Waals surface area (Å²) in [6, 6.07) is 5.55. The van der Waals surface area contributed by atoms with Gasteiger partial charge in [0.05, 0.1) is 11.4 Å². The Morgan fingerprint density at radius 3 is 3.00 bits per heavy atom.